The lowest BCUT2D eigenvalue weighted by atomic mass is 10.2. The first-order valence-electron chi connectivity index (χ1n) is 5.34. The van der Waals surface area contributed by atoms with Gasteiger partial charge in [0.25, 0.3) is 5.56 Å². The fraction of sp³-hybridized carbons (Fsp3) is 0.250. The Morgan fingerprint density at radius 3 is 2.88 bits per heavy atom. The Kier molecular flexibility index (Phi) is 3.10. The number of aryl methyl sites for hydroxylation is 1. The smallest absolute Gasteiger partial charge is 0.275 e. The van der Waals surface area contributed by atoms with Gasteiger partial charge in [-0.25, -0.2) is 9.07 Å². The van der Waals surface area contributed by atoms with Gasteiger partial charge in [-0.15, -0.1) is 0 Å². The maximum Gasteiger partial charge on any atom is 0.275 e. The maximum absolute atomic E-state index is 13.1. The molecule has 2 rings (SSSR count). The molecule has 2 N–H and O–H groups in total. The van der Waals surface area contributed by atoms with E-state index in [4.69, 9.17) is 0 Å². The highest BCUT2D eigenvalue weighted by Gasteiger charge is 2.11. The Bertz CT molecular complexity index is 586. The van der Waals surface area contributed by atoms with E-state index in [-0.39, 0.29) is 11.4 Å². The number of halogens is 1. The third-order valence-corrected chi connectivity index (χ3v) is 2.61. The van der Waals surface area contributed by atoms with Crippen LogP contribution in [0.5, 0.6) is 0 Å². The molecule has 1 heterocycles. The summed E-state index contributed by atoms with van der Waals surface area (Å²) in [5.41, 5.74) is 1.80. The van der Waals surface area contributed by atoms with Crippen LogP contribution in [0.3, 0.4) is 0 Å². The first-order valence-corrected chi connectivity index (χ1v) is 5.34. The zero-order valence-electron chi connectivity index (χ0n) is 9.75. The van der Waals surface area contributed by atoms with Gasteiger partial charge in [0.1, 0.15) is 5.82 Å². The summed E-state index contributed by atoms with van der Waals surface area (Å²) in [6.45, 7) is 2.31. The van der Waals surface area contributed by atoms with Crippen molar-refractivity contribution < 1.29 is 4.39 Å². The topological polar surface area (TPSA) is 49.8 Å². The van der Waals surface area contributed by atoms with Gasteiger partial charge in [0.2, 0.25) is 0 Å². The average molecular weight is 235 g/mol. The minimum atomic E-state index is -0.364. The third kappa shape index (κ3) is 2.14. The Hall–Kier alpha value is -1.88. The molecule has 0 amide bonds. The summed E-state index contributed by atoms with van der Waals surface area (Å²) in [7, 11) is 1.78. The molecule has 1 aromatic carbocycles. The van der Waals surface area contributed by atoms with Gasteiger partial charge in [-0.1, -0.05) is 6.07 Å². The fourth-order valence-electron chi connectivity index (χ4n) is 1.76. The molecular weight excluding hydrogens is 221 g/mol. The molecular formula is C12H14FN3O. The largest absolute Gasteiger partial charge is 0.315 e. The normalized spacial score (nSPS) is 10.8. The molecule has 0 aliphatic carbocycles. The summed E-state index contributed by atoms with van der Waals surface area (Å²) in [5, 5.41) is 5.87. The molecule has 17 heavy (non-hydrogen) atoms. The quantitative estimate of drug-likeness (QED) is 0.843. The number of aromatic nitrogens is 2. The summed E-state index contributed by atoms with van der Waals surface area (Å²) in [5.74, 6) is -0.364. The van der Waals surface area contributed by atoms with Gasteiger partial charge >= 0.3 is 0 Å². The summed E-state index contributed by atoms with van der Waals surface area (Å²) in [4.78, 5) is 12.1. The van der Waals surface area contributed by atoms with E-state index >= 15 is 0 Å². The molecule has 0 bridgehead atoms. The molecule has 0 unspecified atom stereocenters. The number of nitrogens with one attached hydrogen (secondary N) is 2. The summed E-state index contributed by atoms with van der Waals surface area (Å²) in [6, 6.07) is 5.92. The lowest BCUT2D eigenvalue weighted by Crippen LogP contribution is -2.20. The number of nitrogens with zero attached hydrogens (tertiary/aromatic N) is 1. The maximum atomic E-state index is 13.1. The molecule has 5 heteroatoms. The Morgan fingerprint density at radius 2 is 2.24 bits per heavy atom. The van der Waals surface area contributed by atoms with Gasteiger partial charge in [0.05, 0.1) is 11.3 Å². The second-order valence-corrected chi connectivity index (χ2v) is 3.87. The minimum Gasteiger partial charge on any atom is -0.315 e. The van der Waals surface area contributed by atoms with Crippen molar-refractivity contribution >= 4 is 0 Å². The molecule has 2 aromatic rings. The van der Waals surface area contributed by atoms with E-state index < -0.39 is 0 Å². The van der Waals surface area contributed by atoms with E-state index in [0.717, 1.165) is 5.69 Å². The number of benzene rings is 1. The highest BCUT2D eigenvalue weighted by Crippen LogP contribution is 2.08. The number of rotatable bonds is 3. The van der Waals surface area contributed by atoms with Crippen LogP contribution in [-0.4, -0.2) is 16.8 Å². The van der Waals surface area contributed by atoms with Gasteiger partial charge < -0.3 is 5.32 Å². The molecule has 0 atom stereocenters. The summed E-state index contributed by atoms with van der Waals surface area (Å²) in [6.07, 6.45) is 0. The second kappa shape index (κ2) is 4.55. The van der Waals surface area contributed by atoms with E-state index in [1.807, 2.05) is 6.92 Å². The number of aromatic amines is 1. The fourth-order valence-corrected chi connectivity index (χ4v) is 1.76. The minimum absolute atomic E-state index is 0.151. The molecule has 0 radical (unpaired) electrons. The molecule has 1 aromatic heterocycles. The van der Waals surface area contributed by atoms with Crippen molar-refractivity contribution in [2.24, 2.45) is 0 Å². The number of hydrogen-bond acceptors (Lipinski definition) is 2. The second-order valence-electron chi connectivity index (χ2n) is 3.87. The van der Waals surface area contributed by atoms with Crippen molar-refractivity contribution in [3.05, 3.63) is 51.7 Å². The van der Waals surface area contributed by atoms with Crippen LogP contribution in [0.15, 0.2) is 29.1 Å². The number of H-pyrrole nitrogens is 1. The molecule has 0 saturated heterocycles. The zero-order chi connectivity index (χ0) is 12.4. The molecule has 0 saturated carbocycles. The molecule has 0 aliphatic heterocycles. The van der Waals surface area contributed by atoms with Gasteiger partial charge in [-0.2, -0.15) is 0 Å². The Balaban J connectivity index is 2.54. The van der Waals surface area contributed by atoms with E-state index in [2.05, 4.69) is 10.4 Å². The van der Waals surface area contributed by atoms with Gasteiger partial charge in [-0.3, -0.25) is 9.89 Å². The van der Waals surface area contributed by atoms with Gasteiger partial charge in [0.15, 0.2) is 0 Å². The monoisotopic (exact) mass is 235 g/mol. The van der Waals surface area contributed by atoms with Gasteiger partial charge in [0, 0.05) is 12.2 Å². The van der Waals surface area contributed by atoms with Crippen LogP contribution in [0.1, 0.15) is 11.3 Å². The Labute approximate surface area is 98.1 Å². The van der Waals surface area contributed by atoms with Crippen LogP contribution in [0.4, 0.5) is 4.39 Å². The molecule has 0 fully saturated rings. The van der Waals surface area contributed by atoms with Crippen molar-refractivity contribution in [3.63, 3.8) is 0 Å². The van der Waals surface area contributed by atoms with Crippen LogP contribution >= 0.6 is 0 Å². The van der Waals surface area contributed by atoms with E-state index in [9.17, 15) is 9.18 Å². The van der Waals surface area contributed by atoms with Crippen molar-refractivity contribution in [3.8, 4) is 5.69 Å². The summed E-state index contributed by atoms with van der Waals surface area (Å²) < 4.78 is 14.5. The van der Waals surface area contributed by atoms with E-state index in [1.54, 1.807) is 19.2 Å². The average Bonchev–Trinajstić information content (AvgIpc) is 2.57. The third-order valence-electron chi connectivity index (χ3n) is 2.61. The first-order chi connectivity index (χ1) is 8.13. The van der Waals surface area contributed by atoms with Crippen molar-refractivity contribution in [1.29, 1.82) is 0 Å². The SMILES string of the molecule is CNCc1c(C)[nH]n(-c2cccc(F)c2)c1=O. The van der Waals surface area contributed by atoms with Crippen molar-refractivity contribution in [2.75, 3.05) is 7.05 Å². The van der Waals surface area contributed by atoms with Crippen LogP contribution in [0.2, 0.25) is 0 Å². The first kappa shape index (κ1) is 11.6. The zero-order valence-corrected chi connectivity index (χ0v) is 9.75. The van der Waals surface area contributed by atoms with Gasteiger partial charge in [-0.05, 0) is 32.2 Å². The Morgan fingerprint density at radius 1 is 1.47 bits per heavy atom. The molecule has 0 aliphatic rings. The molecule has 4 nitrogen and oxygen atoms in total. The van der Waals surface area contributed by atoms with Crippen molar-refractivity contribution in [1.82, 2.24) is 15.1 Å². The predicted octanol–water partition coefficient (Wildman–Crippen LogP) is 1.33. The van der Waals surface area contributed by atoms with E-state index in [0.29, 0.717) is 17.8 Å². The lowest BCUT2D eigenvalue weighted by Gasteiger charge is -2.00. The standard InChI is InChI=1S/C12H14FN3O/c1-8-11(7-14-2)12(17)16(15-8)10-5-3-4-9(13)6-10/h3-6,14-15H,7H2,1-2H3. The highest BCUT2D eigenvalue weighted by atomic mass is 19.1. The van der Waals surface area contributed by atoms with E-state index in [1.165, 1.54) is 16.8 Å². The van der Waals surface area contributed by atoms with Crippen LogP contribution in [0.25, 0.3) is 5.69 Å². The summed E-state index contributed by atoms with van der Waals surface area (Å²) >= 11 is 0. The molecule has 90 valence electrons. The van der Waals surface area contributed by atoms with Crippen molar-refractivity contribution in [2.45, 2.75) is 13.5 Å². The number of hydrogen-bond donors (Lipinski definition) is 2. The predicted molar refractivity (Wildman–Crippen MR) is 63.8 cm³/mol. The lowest BCUT2D eigenvalue weighted by molar-refractivity contribution is 0.625. The van der Waals surface area contributed by atoms with Crippen LogP contribution < -0.4 is 10.9 Å². The van der Waals surface area contributed by atoms with Crippen LogP contribution in [0, 0.1) is 12.7 Å². The molecule has 0 spiro atoms. The highest BCUT2D eigenvalue weighted by molar-refractivity contribution is 5.33. The van der Waals surface area contributed by atoms with Crippen LogP contribution in [-0.2, 0) is 6.54 Å².